The normalized spacial score (nSPS) is 14.3. The molecule has 0 fully saturated rings. The molecule has 0 aromatic heterocycles. The fourth-order valence-corrected chi connectivity index (χ4v) is 4.65. The molecule has 0 rings (SSSR count). The maximum absolute atomic E-state index is 12.3. The first kappa shape index (κ1) is 36.8. The van der Waals surface area contributed by atoms with Gasteiger partial charge in [0.15, 0.2) is 0 Å². The maximum atomic E-state index is 12.3. The van der Waals surface area contributed by atoms with Gasteiger partial charge in [-0.1, -0.05) is 134 Å². The lowest BCUT2D eigenvalue weighted by molar-refractivity contribution is -0.131. The molecule has 0 aliphatic rings. The molecule has 3 unspecified atom stereocenters. The predicted octanol–water partition coefficient (Wildman–Crippen LogP) is 7.92. The van der Waals surface area contributed by atoms with E-state index in [4.69, 9.17) is 0 Å². The first-order valence-corrected chi connectivity index (χ1v) is 16.2. The summed E-state index contributed by atoms with van der Waals surface area (Å²) in [6, 6.07) is -0.794. The van der Waals surface area contributed by atoms with Crippen molar-refractivity contribution in [2.45, 2.75) is 173 Å². The van der Waals surface area contributed by atoms with Crippen LogP contribution in [0.15, 0.2) is 24.3 Å². The van der Waals surface area contributed by atoms with Crippen molar-refractivity contribution < 1.29 is 20.1 Å². The summed E-state index contributed by atoms with van der Waals surface area (Å²) in [5.74, 6) is -0.513. The lowest BCUT2D eigenvalue weighted by Crippen LogP contribution is -2.48. The number of nitrogens with one attached hydrogen (secondary N) is 1. The van der Waals surface area contributed by atoms with E-state index in [1.807, 2.05) is 6.08 Å². The fraction of sp³-hybridized carbons (Fsp3) is 0.848. The molecule has 0 aliphatic carbocycles. The summed E-state index contributed by atoms with van der Waals surface area (Å²) >= 11 is 0. The van der Waals surface area contributed by atoms with Crippen LogP contribution >= 0.6 is 0 Å². The maximum Gasteiger partial charge on any atom is 0.249 e. The molecule has 0 aromatic rings. The Kier molecular flexibility index (Phi) is 27.9. The van der Waals surface area contributed by atoms with Crippen LogP contribution in [0.4, 0.5) is 0 Å². The Balaban J connectivity index is 3.81. The third-order valence-electron chi connectivity index (χ3n) is 7.29. The van der Waals surface area contributed by atoms with Gasteiger partial charge in [-0.25, -0.2) is 0 Å². The topological polar surface area (TPSA) is 89.8 Å². The zero-order chi connectivity index (χ0) is 28.1. The Morgan fingerprint density at radius 1 is 0.632 bits per heavy atom. The molecule has 4 N–H and O–H groups in total. The van der Waals surface area contributed by atoms with Gasteiger partial charge in [0.2, 0.25) is 5.91 Å². The summed E-state index contributed by atoms with van der Waals surface area (Å²) in [5, 5.41) is 32.7. The molecule has 38 heavy (non-hydrogen) atoms. The van der Waals surface area contributed by atoms with E-state index in [2.05, 4.69) is 31.3 Å². The number of amides is 1. The number of rotatable bonds is 28. The summed E-state index contributed by atoms with van der Waals surface area (Å²) in [7, 11) is 0. The van der Waals surface area contributed by atoms with E-state index < -0.39 is 24.2 Å². The lowest BCUT2D eigenvalue weighted by atomic mass is 10.0. The van der Waals surface area contributed by atoms with Crippen molar-refractivity contribution in [3.63, 3.8) is 0 Å². The number of aliphatic hydroxyl groups excluding tert-OH is 3. The highest BCUT2D eigenvalue weighted by molar-refractivity contribution is 5.80. The Hall–Kier alpha value is -1.17. The molecule has 0 radical (unpaired) electrons. The van der Waals surface area contributed by atoms with E-state index in [1.54, 1.807) is 6.08 Å². The van der Waals surface area contributed by atoms with Crippen LogP contribution in [-0.2, 0) is 4.79 Å². The van der Waals surface area contributed by atoms with Crippen LogP contribution in [0.25, 0.3) is 0 Å². The Morgan fingerprint density at radius 3 is 1.55 bits per heavy atom. The molecule has 5 heteroatoms. The van der Waals surface area contributed by atoms with Gasteiger partial charge in [0.1, 0.15) is 6.10 Å². The molecule has 5 nitrogen and oxygen atoms in total. The SMILES string of the molecule is CCCCCC/C=C\CCCCCCCCC(O)C(=O)NC(CO)C(O)/C=C/CCCCCCCCCC. The standard InChI is InChI=1S/C33H63NO4/c1-3-5-7-9-11-13-15-16-17-18-20-22-24-26-28-32(37)33(38)34-30(29-35)31(36)27-25-23-21-19-14-12-10-8-6-4-2/h13,15,25,27,30-32,35-37H,3-12,14,16-24,26,28-29H2,1-2H3,(H,34,38)/b15-13-,27-25+. The zero-order valence-corrected chi connectivity index (χ0v) is 25.1. The number of allylic oxidation sites excluding steroid dienone is 3. The second kappa shape index (κ2) is 28.8. The average Bonchev–Trinajstić information content (AvgIpc) is 2.92. The first-order valence-electron chi connectivity index (χ1n) is 16.2. The predicted molar refractivity (Wildman–Crippen MR) is 162 cm³/mol. The smallest absolute Gasteiger partial charge is 0.249 e. The lowest BCUT2D eigenvalue weighted by Gasteiger charge is -2.21. The van der Waals surface area contributed by atoms with E-state index >= 15 is 0 Å². The number of unbranched alkanes of at least 4 members (excludes halogenated alkanes) is 18. The van der Waals surface area contributed by atoms with Crippen LogP contribution in [0.3, 0.4) is 0 Å². The summed E-state index contributed by atoms with van der Waals surface area (Å²) in [6.45, 7) is 4.11. The summed E-state index contributed by atoms with van der Waals surface area (Å²) < 4.78 is 0. The third kappa shape index (κ3) is 23.9. The van der Waals surface area contributed by atoms with E-state index in [0.717, 1.165) is 32.1 Å². The van der Waals surface area contributed by atoms with Crippen LogP contribution < -0.4 is 5.32 Å². The van der Waals surface area contributed by atoms with E-state index in [9.17, 15) is 20.1 Å². The first-order chi connectivity index (χ1) is 18.6. The van der Waals surface area contributed by atoms with Crippen molar-refractivity contribution in [2.75, 3.05) is 6.61 Å². The second-order valence-electron chi connectivity index (χ2n) is 11.0. The van der Waals surface area contributed by atoms with Gasteiger partial charge in [-0.15, -0.1) is 0 Å². The van der Waals surface area contributed by atoms with Crippen molar-refractivity contribution in [3.8, 4) is 0 Å². The van der Waals surface area contributed by atoms with Crippen LogP contribution in [0.5, 0.6) is 0 Å². The molecular formula is C33H63NO4. The number of hydrogen-bond acceptors (Lipinski definition) is 4. The largest absolute Gasteiger partial charge is 0.394 e. The molecule has 0 saturated heterocycles. The molecule has 0 spiro atoms. The highest BCUT2D eigenvalue weighted by Gasteiger charge is 2.22. The minimum atomic E-state index is -1.10. The summed E-state index contributed by atoms with van der Waals surface area (Å²) in [5.41, 5.74) is 0. The van der Waals surface area contributed by atoms with Crippen LogP contribution in [0.1, 0.15) is 155 Å². The average molecular weight is 538 g/mol. The van der Waals surface area contributed by atoms with Crippen molar-refractivity contribution in [1.82, 2.24) is 5.32 Å². The van der Waals surface area contributed by atoms with Gasteiger partial charge in [0.05, 0.1) is 18.8 Å². The van der Waals surface area contributed by atoms with Gasteiger partial charge in [0.25, 0.3) is 0 Å². The Bertz CT molecular complexity index is 563. The molecule has 0 saturated carbocycles. The van der Waals surface area contributed by atoms with Crippen molar-refractivity contribution >= 4 is 5.91 Å². The van der Waals surface area contributed by atoms with Gasteiger partial charge >= 0.3 is 0 Å². The quantitative estimate of drug-likeness (QED) is 0.0603. The van der Waals surface area contributed by atoms with Gasteiger partial charge in [0, 0.05) is 0 Å². The van der Waals surface area contributed by atoms with Crippen LogP contribution in [0, 0.1) is 0 Å². The molecular weight excluding hydrogens is 474 g/mol. The summed E-state index contributed by atoms with van der Waals surface area (Å²) in [6.07, 6.45) is 31.8. The highest BCUT2D eigenvalue weighted by Crippen LogP contribution is 2.12. The third-order valence-corrected chi connectivity index (χ3v) is 7.29. The minimum absolute atomic E-state index is 0.365. The summed E-state index contributed by atoms with van der Waals surface area (Å²) in [4.78, 5) is 12.3. The second-order valence-corrected chi connectivity index (χ2v) is 11.0. The fourth-order valence-electron chi connectivity index (χ4n) is 4.65. The Morgan fingerprint density at radius 2 is 1.05 bits per heavy atom. The van der Waals surface area contributed by atoms with Gasteiger partial charge in [-0.3, -0.25) is 4.79 Å². The van der Waals surface area contributed by atoms with E-state index in [0.29, 0.717) is 6.42 Å². The monoisotopic (exact) mass is 537 g/mol. The molecule has 0 aliphatic heterocycles. The molecule has 0 aromatic carbocycles. The number of carbonyl (C=O) groups is 1. The zero-order valence-electron chi connectivity index (χ0n) is 25.1. The number of hydrogen-bond donors (Lipinski definition) is 4. The van der Waals surface area contributed by atoms with Crippen LogP contribution in [-0.4, -0.2) is 46.1 Å². The highest BCUT2D eigenvalue weighted by atomic mass is 16.3. The number of aliphatic hydroxyl groups is 3. The van der Waals surface area contributed by atoms with E-state index in [1.165, 1.54) is 103 Å². The van der Waals surface area contributed by atoms with Crippen molar-refractivity contribution in [2.24, 2.45) is 0 Å². The van der Waals surface area contributed by atoms with Crippen LogP contribution in [0.2, 0.25) is 0 Å². The molecule has 0 heterocycles. The van der Waals surface area contributed by atoms with Gasteiger partial charge < -0.3 is 20.6 Å². The molecule has 3 atom stereocenters. The molecule has 1 amide bonds. The molecule has 0 bridgehead atoms. The minimum Gasteiger partial charge on any atom is -0.394 e. The molecule has 224 valence electrons. The van der Waals surface area contributed by atoms with Crippen molar-refractivity contribution in [1.29, 1.82) is 0 Å². The van der Waals surface area contributed by atoms with Gasteiger partial charge in [-0.2, -0.15) is 0 Å². The van der Waals surface area contributed by atoms with Gasteiger partial charge in [-0.05, 0) is 44.9 Å². The van der Waals surface area contributed by atoms with Crippen molar-refractivity contribution in [3.05, 3.63) is 24.3 Å². The number of carbonyl (C=O) groups excluding carboxylic acids is 1. The Labute approximate surface area is 235 Å². The van der Waals surface area contributed by atoms with E-state index in [-0.39, 0.29) is 6.61 Å².